The zero-order valence-corrected chi connectivity index (χ0v) is 46.7. The number of anilines is 4. The van der Waals surface area contributed by atoms with E-state index in [9.17, 15) is 63.8 Å². The number of carbonyl (C=O) groups is 8. The molecule has 4 amide bonds. The van der Waals surface area contributed by atoms with Crippen LogP contribution in [-0.4, -0.2) is 126 Å². The number of carbonyl (C=O) groups excluding carboxylic acids is 5. The van der Waals surface area contributed by atoms with Crippen LogP contribution < -0.4 is 45.0 Å². The van der Waals surface area contributed by atoms with E-state index in [0.29, 0.717) is 10.8 Å². The molecule has 0 aliphatic carbocycles. The molecule has 0 saturated heterocycles. The van der Waals surface area contributed by atoms with E-state index in [0.717, 1.165) is 12.1 Å². The second-order valence-corrected chi connectivity index (χ2v) is 19.1. The number of carboxylic acid groups (broad SMARTS) is 3. The van der Waals surface area contributed by atoms with Gasteiger partial charge in [-0.1, -0.05) is 30.3 Å². The molecule has 448 valence electrons. The van der Waals surface area contributed by atoms with E-state index >= 15 is 0 Å². The van der Waals surface area contributed by atoms with Crippen LogP contribution in [0.25, 0.3) is 54.5 Å². The molecule has 5 aromatic heterocycles. The van der Waals surface area contributed by atoms with Crippen LogP contribution in [0.4, 0.5) is 28.4 Å². The SMILES string of the molecule is CCOc1cc(C(=O)Nc2cccc3c(OCC(=O)O)cc(C(C)=O)nc23)nc2c(NC(=O)c3cc(OCC(=O)O)c4cccc(NC(=O)c5cc(OCC)c6cccc(NC(=O)c7cc(OCC(=O)O)c8cccc([N+](=O)[O-])c8n7)c6n5)c4n3)cccc12. The van der Waals surface area contributed by atoms with Gasteiger partial charge in [0.2, 0.25) is 0 Å². The van der Waals surface area contributed by atoms with Crippen molar-refractivity contribution < 1.29 is 82.3 Å². The lowest BCUT2D eigenvalue weighted by Gasteiger charge is -2.16. The van der Waals surface area contributed by atoms with Gasteiger partial charge in [-0.15, -0.1) is 0 Å². The maximum Gasteiger partial charge on any atom is 0.341 e. The molecule has 0 radical (unpaired) electrons. The van der Waals surface area contributed by atoms with E-state index in [2.05, 4.69) is 46.2 Å². The molecular weight excluding hydrogens is 1160 g/mol. The zero-order chi connectivity index (χ0) is 63.2. The van der Waals surface area contributed by atoms with E-state index < -0.39 is 83.4 Å². The Morgan fingerprint density at radius 3 is 0.944 bits per heavy atom. The van der Waals surface area contributed by atoms with Crippen molar-refractivity contribution in [2.75, 3.05) is 54.3 Å². The lowest BCUT2D eigenvalue weighted by Crippen LogP contribution is -2.18. The minimum absolute atomic E-state index is 0.0173. The smallest absolute Gasteiger partial charge is 0.341 e. The van der Waals surface area contributed by atoms with Crippen LogP contribution in [0.1, 0.15) is 73.2 Å². The number of hydrogen-bond donors (Lipinski definition) is 7. The summed E-state index contributed by atoms with van der Waals surface area (Å²) in [6.07, 6.45) is 0. The Hall–Kier alpha value is -12.5. The fourth-order valence-electron chi connectivity index (χ4n) is 9.34. The fraction of sp³-hybridized carbons (Fsp3) is 0.131. The summed E-state index contributed by atoms with van der Waals surface area (Å²) in [5.74, 6) is -7.87. The Labute approximate surface area is 499 Å². The largest absolute Gasteiger partial charge is 0.493 e. The van der Waals surface area contributed by atoms with Crippen molar-refractivity contribution in [3.05, 3.63) is 160 Å². The summed E-state index contributed by atoms with van der Waals surface area (Å²) in [5, 5.41) is 52.5. The Morgan fingerprint density at radius 2 is 0.663 bits per heavy atom. The summed E-state index contributed by atoms with van der Waals surface area (Å²) >= 11 is 0. The molecule has 5 heterocycles. The molecule has 5 aromatic carbocycles. The van der Waals surface area contributed by atoms with Crippen LogP contribution in [0.2, 0.25) is 0 Å². The molecule has 0 fully saturated rings. The summed E-state index contributed by atoms with van der Waals surface area (Å²) in [7, 11) is 0. The number of Topliss-reactive ketones (excluding diaryl/α,β-unsaturated/α-hetero) is 1. The number of fused-ring (bicyclic) bond motifs is 5. The Kier molecular flexibility index (Phi) is 17.0. The first-order chi connectivity index (χ1) is 42.8. The van der Waals surface area contributed by atoms with E-state index in [1.807, 2.05) is 0 Å². The zero-order valence-electron chi connectivity index (χ0n) is 46.7. The lowest BCUT2D eigenvalue weighted by atomic mass is 10.1. The first-order valence-corrected chi connectivity index (χ1v) is 26.7. The van der Waals surface area contributed by atoms with Crippen molar-refractivity contribution in [2.45, 2.75) is 20.8 Å². The number of para-hydroxylation sites is 5. The van der Waals surface area contributed by atoms with Crippen molar-refractivity contribution in [3.8, 4) is 28.7 Å². The molecule has 0 spiro atoms. The van der Waals surface area contributed by atoms with Gasteiger partial charge in [0.1, 0.15) is 57.2 Å². The molecule has 28 nitrogen and oxygen atoms in total. The average Bonchev–Trinajstić information content (AvgIpc) is 1.01. The van der Waals surface area contributed by atoms with Crippen LogP contribution in [0.15, 0.2) is 121 Å². The van der Waals surface area contributed by atoms with Crippen LogP contribution in [0.3, 0.4) is 0 Å². The maximum absolute atomic E-state index is 14.6. The number of nitro benzene ring substituents is 1. The molecule has 10 rings (SSSR count). The number of non-ortho nitro benzene ring substituents is 1. The van der Waals surface area contributed by atoms with Gasteiger partial charge in [0.25, 0.3) is 29.3 Å². The fourth-order valence-corrected chi connectivity index (χ4v) is 9.34. The predicted octanol–water partition coefficient (Wildman–Crippen LogP) is 8.74. The summed E-state index contributed by atoms with van der Waals surface area (Å²) in [6.45, 7) is 2.47. The first-order valence-electron chi connectivity index (χ1n) is 26.7. The molecule has 0 aliphatic heterocycles. The highest BCUT2D eigenvalue weighted by molar-refractivity contribution is 6.16. The molecule has 0 saturated carbocycles. The van der Waals surface area contributed by atoms with Gasteiger partial charge in [-0.25, -0.2) is 39.3 Å². The third-order valence-corrected chi connectivity index (χ3v) is 13.1. The Balaban J connectivity index is 0.980. The second kappa shape index (κ2) is 25.4. The van der Waals surface area contributed by atoms with Crippen molar-refractivity contribution in [3.63, 3.8) is 0 Å². The molecule has 28 heteroatoms. The number of hydrogen-bond acceptors (Lipinski definition) is 20. The number of nitrogens with one attached hydrogen (secondary N) is 4. The molecule has 0 atom stereocenters. The van der Waals surface area contributed by atoms with Crippen molar-refractivity contribution in [1.29, 1.82) is 0 Å². The first kappa shape index (κ1) is 59.7. The Morgan fingerprint density at radius 1 is 0.404 bits per heavy atom. The average molecular weight is 1210 g/mol. The number of nitro groups is 1. The number of ether oxygens (including phenoxy) is 5. The number of carboxylic acids is 3. The summed E-state index contributed by atoms with van der Waals surface area (Å²) in [6, 6.07) is 28.7. The van der Waals surface area contributed by atoms with Gasteiger partial charge in [-0.3, -0.25) is 34.1 Å². The van der Waals surface area contributed by atoms with Crippen LogP contribution in [0, 0.1) is 10.1 Å². The van der Waals surface area contributed by atoms with E-state index in [4.69, 9.17) is 23.7 Å². The van der Waals surface area contributed by atoms with Crippen LogP contribution in [-0.2, 0) is 14.4 Å². The van der Waals surface area contributed by atoms with Gasteiger partial charge >= 0.3 is 17.9 Å². The van der Waals surface area contributed by atoms with Crippen LogP contribution in [0.5, 0.6) is 28.7 Å². The van der Waals surface area contributed by atoms with Gasteiger partial charge in [0.15, 0.2) is 31.1 Å². The highest BCUT2D eigenvalue weighted by Gasteiger charge is 2.26. The van der Waals surface area contributed by atoms with Crippen molar-refractivity contribution in [1.82, 2.24) is 24.9 Å². The Bertz CT molecular complexity index is 4650. The number of amides is 4. The highest BCUT2D eigenvalue weighted by Crippen LogP contribution is 2.38. The van der Waals surface area contributed by atoms with Gasteiger partial charge in [-0.2, -0.15) is 0 Å². The third-order valence-electron chi connectivity index (χ3n) is 13.1. The lowest BCUT2D eigenvalue weighted by molar-refractivity contribution is -0.383. The molecule has 0 bridgehead atoms. The standard InChI is InChI=1S/C61H46N10O18/c1-4-85-45-22-40(58(79)67-35-16-8-13-32-47(87-26-50(73)74)21-39(29(3)72)62-53(32)35)63-54-30(45)11-6-17-36(54)68-60(81)42-24-48(88-27-51(75)76)33-14-9-19-38(56(33)65-42)69-59(80)41-23-46(86-5-2)31-12-7-18-37(55(31)64-41)70-61(82)43-25-49(89-28-52(77)78)34-15-10-20-44(71(83)84)57(34)66-43/h6-25H,4-5,26-28H2,1-3H3,(H,67,79)(H,68,81)(H,69,80)(H,70,82)(H,73,74)(H,75,76)(H,77,78). The molecule has 7 N–H and O–H groups in total. The van der Waals surface area contributed by atoms with Gasteiger partial charge in [0, 0.05) is 70.3 Å². The van der Waals surface area contributed by atoms with E-state index in [1.165, 1.54) is 79.7 Å². The highest BCUT2D eigenvalue weighted by atomic mass is 16.6. The third kappa shape index (κ3) is 12.8. The number of pyridine rings is 5. The predicted molar refractivity (Wildman–Crippen MR) is 319 cm³/mol. The maximum atomic E-state index is 14.6. The number of benzene rings is 5. The minimum atomic E-state index is -1.36. The molecule has 10 aromatic rings. The number of ketones is 1. The molecular formula is C61H46N10O18. The monoisotopic (exact) mass is 1210 g/mol. The van der Waals surface area contributed by atoms with Gasteiger partial charge < -0.3 is 60.3 Å². The van der Waals surface area contributed by atoms with Crippen molar-refractivity contribution >= 4 is 130 Å². The molecule has 0 unspecified atom stereocenters. The number of nitrogens with zero attached hydrogens (tertiary/aromatic N) is 6. The van der Waals surface area contributed by atoms with Crippen LogP contribution >= 0.6 is 0 Å². The quantitative estimate of drug-likeness (QED) is 0.0179. The number of aromatic nitrogens is 5. The second-order valence-electron chi connectivity index (χ2n) is 19.1. The molecule has 0 aliphatic rings. The van der Waals surface area contributed by atoms with E-state index in [1.54, 1.807) is 50.2 Å². The normalized spacial score (nSPS) is 11.0. The number of aliphatic carboxylic acids is 3. The summed E-state index contributed by atoms with van der Waals surface area (Å²) in [4.78, 5) is 138. The summed E-state index contributed by atoms with van der Waals surface area (Å²) in [5.41, 5.74) is -1.76. The number of rotatable bonds is 23. The summed E-state index contributed by atoms with van der Waals surface area (Å²) < 4.78 is 28.5. The van der Waals surface area contributed by atoms with Gasteiger partial charge in [0.05, 0.1) is 63.0 Å². The topological polar surface area (TPSA) is 399 Å². The minimum Gasteiger partial charge on any atom is -0.493 e. The molecule has 89 heavy (non-hydrogen) atoms. The van der Waals surface area contributed by atoms with Gasteiger partial charge in [-0.05, 0) is 68.4 Å². The van der Waals surface area contributed by atoms with Crippen molar-refractivity contribution in [2.24, 2.45) is 0 Å². The van der Waals surface area contributed by atoms with E-state index in [-0.39, 0.29) is 131 Å².